The van der Waals surface area contributed by atoms with Gasteiger partial charge in [0.25, 0.3) is 0 Å². The molecule has 3 rings (SSSR count). The lowest BCUT2D eigenvalue weighted by molar-refractivity contribution is 0.175. The third kappa shape index (κ3) is 1.46. The Labute approximate surface area is 98.2 Å². The third-order valence-electron chi connectivity index (χ3n) is 3.34. The summed E-state index contributed by atoms with van der Waals surface area (Å²) in [6.45, 7) is 1.06. The topological polar surface area (TPSA) is 53.1 Å². The number of nitrogens with two attached hydrogens (primary N) is 1. The minimum Gasteiger partial charge on any atom is -0.379 e. The first-order valence-electron chi connectivity index (χ1n) is 5.60. The van der Waals surface area contributed by atoms with E-state index in [1.54, 1.807) is 23.7 Å². The lowest BCUT2D eigenvalue weighted by atomic mass is 9.99. The van der Waals surface area contributed by atoms with E-state index in [9.17, 15) is 4.39 Å². The highest BCUT2D eigenvalue weighted by molar-refractivity contribution is 5.76. The van der Waals surface area contributed by atoms with Crippen LogP contribution in [0.15, 0.2) is 18.2 Å². The first kappa shape index (κ1) is 10.7. The third-order valence-corrected chi connectivity index (χ3v) is 3.34. The van der Waals surface area contributed by atoms with Crippen molar-refractivity contribution >= 4 is 11.0 Å². The van der Waals surface area contributed by atoms with E-state index in [4.69, 9.17) is 10.5 Å². The van der Waals surface area contributed by atoms with Crippen molar-refractivity contribution in [1.82, 2.24) is 9.55 Å². The zero-order valence-electron chi connectivity index (χ0n) is 9.61. The fraction of sp³-hybridized carbons (Fsp3) is 0.417. The molecule has 2 aromatic rings. The van der Waals surface area contributed by atoms with Crippen LogP contribution in [0.1, 0.15) is 12.2 Å². The number of hydrogen-bond donors (Lipinski definition) is 1. The smallest absolute Gasteiger partial charge is 0.149 e. The largest absolute Gasteiger partial charge is 0.379 e. The lowest BCUT2D eigenvalue weighted by Gasteiger charge is -2.20. The average molecular weight is 235 g/mol. The van der Waals surface area contributed by atoms with E-state index in [0.717, 1.165) is 0 Å². The van der Waals surface area contributed by atoms with Crippen molar-refractivity contribution in [2.75, 3.05) is 13.2 Å². The summed E-state index contributed by atoms with van der Waals surface area (Å²) >= 11 is 0. The van der Waals surface area contributed by atoms with Gasteiger partial charge < -0.3 is 15.0 Å². The van der Waals surface area contributed by atoms with Crippen molar-refractivity contribution in [3.8, 4) is 0 Å². The monoisotopic (exact) mass is 235 g/mol. The number of benzene rings is 1. The molecule has 0 amide bonds. The van der Waals surface area contributed by atoms with Gasteiger partial charge in [0.05, 0.1) is 12.1 Å². The second kappa shape index (κ2) is 3.51. The normalized spacial score (nSPS) is 24.6. The van der Waals surface area contributed by atoms with E-state index in [1.165, 1.54) is 6.07 Å². The van der Waals surface area contributed by atoms with Crippen LogP contribution < -0.4 is 5.73 Å². The molecule has 1 aliphatic heterocycles. The first-order chi connectivity index (χ1) is 8.12. The number of hydrogen-bond acceptors (Lipinski definition) is 3. The van der Waals surface area contributed by atoms with Crippen molar-refractivity contribution in [3.05, 3.63) is 29.8 Å². The molecule has 1 saturated heterocycles. The molecule has 17 heavy (non-hydrogen) atoms. The molecule has 0 aliphatic carbocycles. The van der Waals surface area contributed by atoms with Gasteiger partial charge in [-0.3, -0.25) is 0 Å². The van der Waals surface area contributed by atoms with Crippen LogP contribution in [-0.4, -0.2) is 22.8 Å². The van der Waals surface area contributed by atoms with Crippen LogP contribution in [0.25, 0.3) is 11.0 Å². The molecule has 0 radical (unpaired) electrons. The van der Waals surface area contributed by atoms with Gasteiger partial charge in [-0.1, -0.05) is 6.07 Å². The number of aromatic nitrogens is 2. The molecule has 90 valence electrons. The summed E-state index contributed by atoms with van der Waals surface area (Å²) in [5.41, 5.74) is 6.80. The number of ether oxygens (including phenoxy) is 1. The van der Waals surface area contributed by atoms with Crippen LogP contribution in [0.5, 0.6) is 0 Å². The summed E-state index contributed by atoms with van der Waals surface area (Å²) in [6.07, 6.45) is 0.714. The molecule has 1 atom stereocenters. The first-order valence-corrected chi connectivity index (χ1v) is 5.60. The SMILES string of the molecule is Cn1c(C2(N)CCOC2)nc2cccc(F)c21. The molecule has 2 N–H and O–H groups in total. The fourth-order valence-corrected chi connectivity index (χ4v) is 2.42. The van der Waals surface area contributed by atoms with Crippen LogP contribution in [0.3, 0.4) is 0 Å². The maximum atomic E-state index is 13.7. The number of aryl methyl sites for hydroxylation is 1. The van der Waals surface area contributed by atoms with Gasteiger partial charge in [-0.05, 0) is 18.6 Å². The zero-order valence-corrected chi connectivity index (χ0v) is 9.61. The zero-order chi connectivity index (χ0) is 12.0. The van der Waals surface area contributed by atoms with Crippen molar-refractivity contribution in [3.63, 3.8) is 0 Å². The summed E-state index contributed by atoms with van der Waals surface area (Å²) in [4.78, 5) is 4.44. The molecule has 1 unspecified atom stereocenters. The van der Waals surface area contributed by atoms with Gasteiger partial charge in [-0.2, -0.15) is 0 Å². The summed E-state index contributed by atoms with van der Waals surface area (Å²) in [5, 5.41) is 0. The van der Waals surface area contributed by atoms with Gasteiger partial charge in [0, 0.05) is 13.7 Å². The number of para-hydroxylation sites is 1. The Kier molecular flexibility index (Phi) is 2.21. The predicted octanol–water partition coefficient (Wildman–Crippen LogP) is 1.29. The quantitative estimate of drug-likeness (QED) is 0.810. The number of halogens is 1. The minimum atomic E-state index is -0.597. The van der Waals surface area contributed by atoms with Crippen LogP contribution in [-0.2, 0) is 17.3 Å². The van der Waals surface area contributed by atoms with Crippen molar-refractivity contribution in [2.24, 2.45) is 12.8 Å². The van der Waals surface area contributed by atoms with E-state index < -0.39 is 5.54 Å². The van der Waals surface area contributed by atoms with E-state index >= 15 is 0 Å². The van der Waals surface area contributed by atoms with E-state index in [-0.39, 0.29) is 5.82 Å². The molecule has 5 heteroatoms. The molecule has 4 nitrogen and oxygen atoms in total. The Morgan fingerprint density at radius 1 is 1.53 bits per heavy atom. The molecule has 0 bridgehead atoms. The van der Waals surface area contributed by atoms with E-state index in [2.05, 4.69) is 4.98 Å². The standard InChI is InChI=1S/C12H14FN3O/c1-16-10-8(13)3-2-4-9(10)15-11(16)12(14)5-6-17-7-12/h2-4H,5-7,14H2,1H3. The highest BCUT2D eigenvalue weighted by atomic mass is 19.1. The lowest BCUT2D eigenvalue weighted by Crippen LogP contribution is -2.39. The number of nitrogens with zero attached hydrogens (tertiary/aromatic N) is 2. The second-order valence-corrected chi connectivity index (χ2v) is 4.56. The fourth-order valence-electron chi connectivity index (χ4n) is 2.42. The molecule has 0 saturated carbocycles. The molecule has 1 aliphatic rings. The molecular formula is C12H14FN3O. The van der Waals surface area contributed by atoms with Crippen LogP contribution >= 0.6 is 0 Å². The Morgan fingerprint density at radius 2 is 2.35 bits per heavy atom. The van der Waals surface area contributed by atoms with Crippen molar-refractivity contribution in [2.45, 2.75) is 12.0 Å². The summed E-state index contributed by atoms with van der Waals surface area (Å²) < 4.78 is 20.8. The summed E-state index contributed by atoms with van der Waals surface area (Å²) in [5.74, 6) is 0.418. The van der Waals surface area contributed by atoms with Crippen molar-refractivity contribution < 1.29 is 9.13 Å². The van der Waals surface area contributed by atoms with E-state index in [1.807, 2.05) is 0 Å². The molecule has 1 aromatic carbocycles. The highest BCUT2D eigenvalue weighted by Gasteiger charge is 2.37. The molecule has 2 heterocycles. The van der Waals surface area contributed by atoms with Gasteiger partial charge in [0.1, 0.15) is 22.7 Å². The maximum absolute atomic E-state index is 13.7. The molecule has 0 spiro atoms. The number of rotatable bonds is 1. The summed E-state index contributed by atoms with van der Waals surface area (Å²) in [6, 6.07) is 4.88. The number of fused-ring (bicyclic) bond motifs is 1. The van der Waals surface area contributed by atoms with E-state index in [0.29, 0.717) is 36.5 Å². The summed E-state index contributed by atoms with van der Waals surface area (Å²) in [7, 11) is 1.79. The Bertz CT molecular complexity index is 572. The molecular weight excluding hydrogens is 221 g/mol. The van der Waals surface area contributed by atoms with Crippen LogP contribution in [0.2, 0.25) is 0 Å². The number of imidazole rings is 1. The van der Waals surface area contributed by atoms with Gasteiger partial charge in [-0.25, -0.2) is 9.37 Å². The van der Waals surface area contributed by atoms with Crippen LogP contribution in [0.4, 0.5) is 4.39 Å². The van der Waals surface area contributed by atoms with Gasteiger partial charge in [-0.15, -0.1) is 0 Å². The molecule has 1 fully saturated rings. The predicted molar refractivity (Wildman–Crippen MR) is 62.0 cm³/mol. The second-order valence-electron chi connectivity index (χ2n) is 4.56. The molecule has 1 aromatic heterocycles. The van der Waals surface area contributed by atoms with Gasteiger partial charge in [0.15, 0.2) is 0 Å². The van der Waals surface area contributed by atoms with Crippen molar-refractivity contribution in [1.29, 1.82) is 0 Å². The minimum absolute atomic E-state index is 0.272. The van der Waals surface area contributed by atoms with Gasteiger partial charge in [0.2, 0.25) is 0 Å². The Hall–Kier alpha value is -1.46. The maximum Gasteiger partial charge on any atom is 0.149 e. The Morgan fingerprint density at radius 3 is 3.00 bits per heavy atom. The van der Waals surface area contributed by atoms with Gasteiger partial charge >= 0.3 is 0 Å². The Balaban J connectivity index is 2.24. The highest BCUT2D eigenvalue weighted by Crippen LogP contribution is 2.29. The average Bonchev–Trinajstić information content (AvgIpc) is 2.86. The van der Waals surface area contributed by atoms with Crippen LogP contribution in [0, 0.1) is 5.82 Å².